The molecule has 1 saturated heterocycles. The number of ether oxygens (including phenoxy) is 1. The minimum Gasteiger partial charge on any atom is -0.377 e. The fourth-order valence-corrected chi connectivity index (χ4v) is 5.04. The zero-order chi connectivity index (χ0) is 25.1. The molecule has 3 aromatic rings. The van der Waals surface area contributed by atoms with Crippen molar-refractivity contribution in [1.29, 1.82) is 0 Å². The molecule has 1 fully saturated rings. The van der Waals surface area contributed by atoms with E-state index < -0.39 is 0 Å². The van der Waals surface area contributed by atoms with E-state index in [9.17, 15) is 9.18 Å². The average molecular weight is 489 g/mol. The highest BCUT2D eigenvalue weighted by atomic mass is 19.1. The molecule has 7 heteroatoms. The van der Waals surface area contributed by atoms with E-state index in [0.29, 0.717) is 31.9 Å². The van der Waals surface area contributed by atoms with Crippen LogP contribution in [0.4, 0.5) is 10.2 Å². The number of ketones is 1. The first-order chi connectivity index (χ1) is 17.5. The van der Waals surface area contributed by atoms with Crippen LogP contribution in [0.3, 0.4) is 0 Å². The second-order valence-corrected chi connectivity index (χ2v) is 9.85. The van der Waals surface area contributed by atoms with Gasteiger partial charge in [-0.15, -0.1) is 0 Å². The lowest BCUT2D eigenvalue weighted by molar-refractivity contribution is -0.118. The summed E-state index contributed by atoms with van der Waals surface area (Å²) in [5.41, 5.74) is 5.25. The van der Waals surface area contributed by atoms with Crippen LogP contribution in [0.25, 0.3) is 11.4 Å². The Hall–Kier alpha value is -3.16. The van der Waals surface area contributed by atoms with E-state index in [4.69, 9.17) is 14.7 Å². The molecule has 0 amide bonds. The number of hydrogen-bond acceptors (Lipinski definition) is 6. The van der Waals surface area contributed by atoms with Crippen LogP contribution < -0.4 is 4.90 Å². The number of carbonyl (C=O) groups excluding carboxylic acids is 1. The van der Waals surface area contributed by atoms with Crippen molar-refractivity contribution in [3.05, 3.63) is 76.7 Å². The van der Waals surface area contributed by atoms with Crippen molar-refractivity contribution in [2.45, 2.75) is 58.8 Å². The average Bonchev–Trinajstić information content (AvgIpc) is 3.28. The van der Waals surface area contributed by atoms with Gasteiger partial charge in [-0.2, -0.15) is 0 Å². The van der Waals surface area contributed by atoms with E-state index >= 15 is 0 Å². The molecule has 0 N–H and O–H groups in total. The van der Waals surface area contributed by atoms with Crippen LogP contribution in [0.5, 0.6) is 0 Å². The first kappa shape index (κ1) is 24.5. The number of carbonyl (C=O) groups is 1. The number of anilines is 1. The highest BCUT2D eigenvalue weighted by Gasteiger charge is 2.31. The molecule has 2 aromatic carbocycles. The summed E-state index contributed by atoms with van der Waals surface area (Å²) in [7, 11) is 0. The first-order valence-electron chi connectivity index (χ1n) is 12.8. The number of nitrogens with zero attached hydrogens (tertiary/aromatic N) is 4. The van der Waals surface area contributed by atoms with Gasteiger partial charge in [0.1, 0.15) is 17.4 Å². The van der Waals surface area contributed by atoms with E-state index in [1.54, 1.807) is 0 Å². The van der Waals surface area contributed by atoms with Crippen molar-refractivity contribution in [1.82, 2.24) is 14.9 Å². The summed E-state index contributed by atoms with van der Waals surface area (Å²) >= 11 is 0. The Bertz CT molecular complexity index is 1210. The molecule has 0 radical (unpaired) electrons. The molecule has 0 unspecified atom stereocenters. The molecular formula is C29H33FN4O2. The molecule has 1 atom stereocenters. The quantitative estimate of drug-likeness (QED) is 0.448. The van der Waals surface area contributed by atoms with Crippen molar-refractivity contribution in [3.8, 4) is 11.4 Å². The Morgan fingerprint density at radius 2 is 1.81 bits per heavy atom. The van der Waals surface area contributed by atoms with Crippen LogP contribution in [0.1, 0.15) is 49.1 Å². The third-order valence-electron chi connectivity index (χ3n) is 6.93. The van der Waals surface area contributed by atoms with Gasteiger partial charge in [-0.25, -0.2) is 14.4 Å². The lowest BCUT2D eigenvalue weighted by atomic mass is 10.0. The van der Waals surface area contributed by atoms with Gasteiger partial charge in [0, 0.05) is 50.1 Å². The summed E-state index contributed by atoms with van der Waals surface area (Å²) in [5, 5.41) is 0. The molecule has 6 nitrogen and oxygen atoms in total. The molecule has 0 aliphatic carbocycles. The van der Waals surface area contributed by atoms with Crippen LogP contribution in [-0.2, 0) is 35.6 Å². The van der Waals surface area contributed by atoms with Crippen molar-refractivity contribution in [2.24, 2.45) is 0 Å². The third kappa shape index (κ3) is 5.47. The van der Waals surface area contributed by atoms with Gasteiger partial charge in [0.2, 0.25) is 0 Å². The molecule has 0 bridgehead atoms. The number of benzene rings is 2. The number of morpholine rings is 1. The summed E-state index contributed by atoms with van der Waals surface area (Å²) in [5.74, 6) is 1.74. The van der Waals surface area contributed by atoms with Gasteiger partial charge >= 0.3 is 0 Å². The summed E-state index contributed by atoms with van der Waals surface area (Å²) in [4.78, 5) is 26.8. The molecular weight excluding hydrogens is 455 g/mol. The third-order valence-corrected chi connectivity index (χ3v) is 6.93. The number of hydrogen-bond donors (Lipinski definition) is 0. The minimum absolute atomic E-state index is 0.219. The lowest BCUT2D eigenvalue weighted by Gasteiger charge is -2.35. The van der Waals surface area contributed by atoms with Gasteiger partial charge in [-0.1, -0.05) is 43.3 Å². The first-order valence-corrected chi connectivity index (χ1v) is 12.8. The predicted molar refractivity (Wildman–Crippen MR) is 138 cm³/mol. The van der Waals surface area contributed by atoms with Gasteiger partial charge in [0.15, 0.2) is 5.82 Å². The van der Waals surface area contributed by atoms with Gasteiger partial charge < -0.3 is 9.64 Å². The molecule has 36 heavy (non-hydrogen) atoms. The molecule has 2 aliphatic heterocycles. The second kappa shape index (κ2) is 10.8. The van der Waals surface area contributed by atoms with E-state index in [1.807, 2.05) is 43.3 Å². The van der Waals surface area contributed by atoms with Crippen LogP contribution in [0.15, 0.2) is 48.5 Å². The highest BCUT2D eigenvalue weighted by molar-refractivity contribution is 5.81. The maximum absolute atomic E-state index is 13.4. The Balaban J connectivity index is 1.43. The van der Waals surface area contributed by atoms with Crippen molar-refractivity contribution >= 4 is 11.6 Å². The summed E-state index contributed by atoms with van der Waals surface area (Å²) in [6.45, 7) is 8.54. The van der Waals surface area contributed by atoms with Gasteiger partial charge in [0.05, 0.1) is 24.9 Å². The highest BCUT2D eigenvalue weighted by Crippen LogP contribution is 2.34. The van der Waals surface area contributed by atoms with E-state index in [-0.39, 0.29) is 17.6 Å². The van der Waals surface area contributed by atoms with E-state index in [2.05, 4.69) is 16.7 Å². The van der Waals surface area contributed by atoms with E-state index in [1.165, 1.54) is 12.1 Å². The topological polar surface area (TPSA) is 58.6 Å². The van der Waals surface area contributed by atoms with Crippen molar-refractivity contribution < 1.29 is 13.9 Å². The molecule has 5 rings (SSSR count). The minimum atomic E-state index is -0.219. The standard InChI is InChI=1S/C29H33FN4O2/c1-3-4-25(35)15-21-5-9-23(10-6-21)28-31-27-18-33(16-22-7-11-24(30)12-8-22)17-26(27)29(32-28)34-13-14-36-19-20(34)2/h5-12,20H,3-4,13-19H2,1-2H3/t20-/m0/s1. The molecule has 0 spiro atoms. The maximum Gasteiger partial charge on any atom is 0.161 e. The smallest absolute Gasteiger partial charge is 0.161 e. The lowest BCUT2D eigenvalue weighted by Crippen LogP contribution is -2.44. The fourth-order valence-electron chi connectivity index (χ4n) is 5.04. The molecule has 2 aliphatic rings. The van der Waals surface area contributed by atoms with Gasteiger partial charge in [0.25, 0.3) is 0 Å². The molecule has 0 saturated carbocycles. The number of aromatic nitrogens is 2. The molecule has 188 valence electrons. The Kier molecular flexibility index (Phi) is 7.39. The SMILES string of the molecule is CCCC(=O)Cc1ccc(-c2nc3c(c(N4CCOC[C@@H]4C)n2)CN(Cc2ccc(F)cc2)C3)cc1. The molecule has 1 aromatic heterocycles. The maximum atomic E-state index is 13.4. The van der Waals surface area contributed by atoms with Gasteiger partial charge in [-0.3, -0.25) is 9.69 Å². The number of Topliss-reactive ketones (excluding diaryl/α,β-unsaturated/α-hetero) is 1. The Morgan fingerprint density at radius 3 is 2.53 bits per heavy atom. The zero-order valence-electron chi connectivity index (χ0n) is 21.0. The fraction of sp³-hybridized carbons (Fsp3) is 0.414. The summed E-state index contributed by atoms with van der Waals surface area (Å²) in [6, 6.07) is 15.0. The molecule has 3 heterocycles. The zero-order valence-corrected chi connectivity index (χ0v) is 21.0. The number of halogens is 1. The van der Waals surface area contributed by atoms with Crippen LogP contribution >= 0.6 is 0 Å². The normalized spacial score (nSPS) is 17.9. The Morgan fingerprint density at radius 1 is 1.06 bits per heavy atom. The van der Waals surface area contributed by atoms with Crippen molar-refractivity contribution in [3.63, 3.8) is 0 Å². The summed E-state index contributed by atoms with van der Waals surface area (Å²) < 4.78 is 19.1. The second-order valence-electron chi connectivity index (χ2n) is 9.85. The number of fused-ring (bicyclic) bond motifs is 1. The van der Waals surface area contributed by atoms with Crippen LogP contribution in [0.2, 0.25) is 0 Å². The largest absolute Gasteiger partial charge is 0.377 e. The van der Waals surface area contributed by atoms with Crippen molar-refractivity contribution in [2.75, 3.05) is 24.7 Å². The summed E-state index contributed by atoms with van der Waals surface area (Å²) in [6.07, 6.45) is 1.96. The number of rotatable bonds is 8. The Labute approximate surface area is 212 Å². The predicted octanol–water partition coefficient (Wildman–Crippen LogP) is 4.94. The van der Waals surface area contributed by atoms with Crippen LogP contribution in [0, 0.1) is 5.82 Å². The van der Waals surface area contributed by atoms with Crippen LogP contribution in [-0.4, -0.2) is 46.5 Å². The monoisotopic (exact) mass is 488 g/mol. The van der Waals surface area contributed by atoms with E-state index in [0.717, 1.165) is 66.4 Å². The van der Waals surface area contributed by atoms with Gasteiger partial charge in [-0.05, 0) is 36.6 Å².